The second-order valence-electron chi connectivity index (χ2n) is 4.57. The van der Waals surface area contributed by atoms with Crippen molar-refractivity contribution in [3.05, 3.63) is 33.4 Å². The fourth-order valence-electron chi connectivity index (χ4n) is 1.60. The van der Waals surface area contributed by atoms with Crippen LogP contribution in [0.2, 0.25) is 0 Å². The number of nitrogens with two attached hydrogens (primary N) is 1. The Bertz CT molecular complexity index is 475. The van der Waals surface area contributed by atoms with E-state index in [0.29, 0.717) is 12.0 Å². The van der Waals surface area contributed by atoms with Gasteiger partial charge in [0.25, 0.3) is 0 Å². The highest BCUT2D eigenvalue weighted by molar-refractivity contribution is 14.1. The second kappa shape index (κ2) is 7.58. The van der Waals surface area contributed by atoms with Crippen LogP contribution < -0.4 is 5.73 Å². The lowest BCUT2D eigenvalue weighted by molar-refractivity contribution is -0.161. The standard InChI is InChI=1S/C14H18INO4/c1-2-3-8-20-13(19)14(16,12(17)18)9-10-4-6-11(15)7-5-10/h4-7H,2-3,8-9,16H2,1H3,(H,17,18). The maximum Gasteiger partial charge on any atom is 0.338 e. The van der Waals surface area contributed by atoms with E-state index in [4.69, 9.17) is 10.5 Å². The monoisotopic (exact) mass is 391 g/mol. The predicted molar refractivity (Wildman–Crippen MR) is 83.3 cm³/mol. The van der Waals surface area contributed by atoms with Crippen molar-refractivity contribution < 1.29 is 19.4 Å². The average molecular weight is 391 g/mol. The van der Waals surface area contributed by atoms with Gasteiger partial charge in [-0.3, -0.25) is 0 Å². The van der Waals surface area contributed by atoms with Crippen LogP contribution in [0.25, 0.3) is 0 Å². The molecule has 0 spiro atoms. The first-order valence-corrected chi connectivity index (χ1v) is 7.42. The van der Waals surface area contributed by atoms with E-state index >= 15 is 0 Å². The van der Waals surface area contributed by atoms with E-state index in [-0.39, 0.29) is 13.0 Å². The van der Waals surface area contributed by atoms with Gasteiger partial charge in [0.1, 0.15) is 0 Å². The lowest BCUT2D eigenvalue weighted by Gasteiger charge is -2.22. The molecule has 20 heavy (non-hydrogen) atoms. The molecule has 1 aromatic carbocycles. The third-order valence-corrected chi connectivity index (χ3v) is 3.59. The van der Waals surface area contributed by atoms with E-state index in [9.17, 15) is 14.7 Å². The minimum atomic E-state index is -2.04. The van der Waals surface area contributed by atoms with Gasteiger partial charge in [0, 0.05) is 9.99 Å². The molecular formula is C14H18INO4. The summed E-state index contributed by atoms with van der Waals surface area (Å²) >= 11 is 2.14. The summed E-state index contributed by atoms with van der Waals surface area (Å²) < 4.78 is 5.98. The molecule has 0 radical (unpaired) electrons. The lowest BCUT2D eigenvalue weighted by atomic mass is 9.92. The number of rotatable bonds is 7. The van der Waals surface area contributed by atoms with Gasteiger partial charge < -0.3 is 15.6 Å². The number of halogens is 1. The third-order valence-electron chi connectivity index (χ3n) is 2.87. The van der Waals surface area contributed by atoms with E-state index in [0.717, 1.165) is 9.99 Å². The van der Waals surface area contributed by atoms with Gasteiger partial charge in [0.15, 0.2) is 0 Å². The molecule has 0 heterocycles. The van der Waals surface area contributed by atoms with Gasteiger partial charge in [-0.05, 0) is 46.7 Å². The average Bonchev–Trinajstić information content (AvgIpc) is 2.41. The number of ether oxygens (including phenoxy) is 1. The van der Waals surface area contributed by atoms with E-state index in [1.807, 2.05) is 19.1 Å². The van der Waals surface area contributed by atoms with Crippen molar-refractivity contribution in [2.45, 2.75) is 31.7 Å². The smallest absolute Gasteiger partial charge is 0.338 e. The molecule has 0 saturated carbocycles. The first-order chi connectivity index (χ1) is 9.40. The van der Waals surface area contributed by atoms with Crippen LogP contribution in [0.1, 0.15) is 25.3 Å². The Morgan fingerprint density at radius 2 is 1.95 bits per heavy atom. The van der Waals surface area contributed by atoms with Gasteiger partial charge in [-0.25, -0.2) is 9.59 Å². The summed E-state index contributed by atoms with van der Waals surface area (Å²) in [6, 6.07) is 7.18. The van der Waals surface area contributed by atoms with E-state index in [2.05, 4.69) is 22.6 Å². The molecule has 5 nitrogen and oxygen atoms in total. The maximum atomic E-state index is 11.9. The lowest BCUT2D eigenvalue weighted by Crippen LogP contribution is -2.57. The molecule has 0 saturated heterocycles. The zero-order valence-electron chi connectivity index (χ0n) is 11.3. The summed E-state index contributed by atoms with van der Waals surface area (Å²) in [5.74, 6) is -2.27. The van der Waals surface area contributed by atoms with Crippen molar-refractivity contribution in [1.29, 1.82) is 0 Å². The van der Waals surface area contributed by atoms with Crippen LogP contribution >= 0.6 is 22.6 Å². The van der Waals surface area contributed by atoms with Crippen LogP contribution in [-0.2, 0) is 20.7 Å². The summed E-state index contributed by atoms with van der Waals surface area (Å²) in [5, 5.41) is 9.25. The van der Waals surface area contributed by atoms with Gasteiger partial charge in [0.2, 0.25) is 5.54 Å². The molecule has 0 aliphatic carbocycles. The minimum Gasteiger partial charge on any atom is -0.479 e. The Morgan fingerprint density at radius 3 is 2.45 bits per heavy atom. The van der Waals surface area contributed by atoms with Crippen LogP contribution in [0.3, 0.4) is 0 Å². The topological polar surface area (TPSA) is 89.6 Å². The Hall–Kier alpha value is -1.15. The molecule has 0 aliphatic heterocycles. The van der Waals surface area contributed by atoms with Gasteiger partial charge in [-0.2, -0.15) is 0 Å². The zero-order valence-corrected chi connectivity index (χ0v) is 13.4. The van der Waals surface area contributed by atoms with Crippen LogP contribution in [-0.4, -0.2) is 29.2 Å². The predicted octanol–water partition coefficient (Wildman–Crippen LogP) is 1.96. The highest BCUT2D eigenvalue weighted by Gasteiger charge is 2.44. The Balaban J connectivity index is 2.83. The number of aliphatic carboxylic acids is 1. The fraction of sp³-hybridized carbons (Fsp3) is 0.429. The molecule has 6 heteroatoms. The summed E-state index contributed by atoms with van der Waals surface area (Å²) in [5.41, 5.74) is 4.40. The highest BCUT2D eigenvalue weighted by atomic mass is 127. The molecule has 1 unspecified atom stereocenters. The molecule has 0 amide bonds. The number of carboxylic acid groups (broad SMARTS) is 1. The molecule has 1 aromatic rings. The molecule has 0 bridgehead atoms. The number of carbonyl (C=O) groups excluding carboxylic acids is 1. The van der Waals surface area contributed by atoms with Crippen molar-refractivity contribution in [2.75, 3.05) is 6.61 Å². The van der Waals surface area contributed by atoms with Crippen molar-refractivity contribution >= 4 is 34.5 Å². The quantitative estimate of drug-likeness (QED) is 0.321. The van der Waals surface area contributed by atoms with Crippen molar-refractivity contribution in [3.8, 4) is 0 Å². The Labute approximate surface area is 131 Å². The molecule has 0 aromatic heterocycles. The number of esters is 1. The van der Waals surface area contributed by atoms with Crippen LogP contribution in [0.15, 0.2) is 24.3 Å². The fourth-order valence-corrected chi connectivity index (χ4v) is 1.96. The van der Waals surface area contributed by atoms with Gasteiger partial charge in [-0.1, -0.05) is 25.5 Å². The molecule has 0 aliphatic rings. The largest absolute Gasteiger partial charge is 0.479 e. The van der Waals surface area contributed by atoms with Gasteiger partial charge in [-0.15, -0.1) is 0 Å². The first kappa shape index (κ1) is 16.9. The Kier molecular flexibility index (Phi) is 6.41. The number of unbranched alkanes of at least 4 members (excludes halogenated alkanes) is 1. The van der Waals surface area contributed by atoms with Gasteiger partial charge in [0.05, 0.1) is 6.61 Å². The second-order valence-corrected chi connectivity index (χ2v) is 5.81. The van der Waals surface area contributed by atoms with E-state index in [1.54, 1.807) is 12.1 Å². The summed E-state index contributed by atoms with van der Waals surface area (Å²) in [4.78, 5) is 23.3. The summed E-state index contributed by atoms with van der Waals surface area (Å²) in [6.45, 7) is 2.14. The number of carboxylic acids is 1. The number of hydrogen-bond donors (Lipinski definition) is 2. The minimum absolute atomic E-state index is 0.0930. The van der Waals surface area contributed by atoms with Crippen LogP contribution in [0.4, 0.5) is 0 Å². The number of carbonyl (C=O) groups is 2. The molecular weight excluding hydrogens is 373 g/mol. The number of hydrogen-bond acceptors (Lipinski definition) is 4. The third kappa shape index (κ3) is 4.45. The summed E-state index contributed by atoms with van der Waals surface area (Å²) in [6.07, 6.45) is 1.45. The first-order valence-electron chi connectivity index (χ1n) is 6.34. The molecule has 1 rings (SSSR count). The molecule has 1 atom stereocenters. The maximum absolute atomic E-state index is 11.9. The number of benzene rings is 1. The molecule has 0 fully saturated rings. The van der Waals surface area contributed by atoms with Gasteiger partial charge >= 0.3 is 11.9 Å². The zero-order chi connectivity index (χ0) is 15.2. The summed E-state index contributed by atoms with van der Waals surface area (Å²) in [7, 11) is 0. The van der Waals surface area contributed by atoms with Crippen molar-refractivity contribution in [3.63, 3.8) is 0 Å². The van der Waals surface area contributed by atoms with Crippen LogP contribution in [0, 0.1) is 3.57 Å². The Morgan fingerprint density at radius 1 is 1.35 bits per heavy atom. The highest BCUT2D eigenvalue weighted by Crippen LogP contribution is 2.16. The van der Waals surface area contributed by atoms with Crippen molar-refractivity contribution in [2.24, 2.45) is 5.73 Å². The SMILES string of the molecule is CCCCOC(=O)C(N)(Cc1ccc(I)cc1)C(=O)O. The van der Waals surface area contributed by atoms with Crippen molar-refractivity contribution in [1.82, 2.24) is 0 Å². The normalized spacial score (nSPS) is 13.6. The van der Waals surface area contributed by atoms with E-state index in [1.165, 1.54) is 0 Å². The molecule has 3 N–H and O–H groups in total. The molecule has 110 valence electrons. The van der Waals surface area contributed by atoms with Crippen LogP contribution in [0.5, 0.6) is 0 Å². The van der Waals surface area contributed by atoms with E-state index < -0.39 is 17.5 Å².